The number of aliphatic hydroxyl groups excluding tert-OH is 1. The minimum Gasteiger partial charge on any atom is -0.493 e. The van der Waals surface area contributed by atoms with Crippen molar-refractivity contribution in [3.63, 3.8) is 0 Å². The van der Waals surface area contributed by atoms with Gasteiger partial charge in [0.15, 0.2) is 5.72 Å². The summed E-state index contributed by atoms with van der Waals surface area (Å²) in [7, 11) is 0. The van der Waals surface area contributed by atoms with E-state index >= 15 is 0 Å². The van der Waals surface area contributed by atoms with E-state index in [4.69, 9.17) is 18.9 Å². The standard InChI is InChI=1S/C36H40N2O6/c1-25(22-41-31-17-18-34-33(19-31)35(40)38-36(2,3)44-34)32-12-8-7-11-27(32)20-37-21-28(39)24-43-30-15-13-29(14-16-30)42-23-26-9-5-4-6-10-26/h4-19,25,28,37,39H,20-24H2,1-3H3,(H,38,40). The maximum Gasteiger partial charge on any atom is 0.258 e. The van der Waals surface area contributed by atoms with Crippen molar-refractivity contribution in [2.24, 2.45) is 0 Å². The quantitative estimate of drug-likeness (QED) is 0.168. The summed E-state index contributed by atoms with van der Waals surface area (Å²) in [6.45, 7) is 7.82. The van der Waals surface area contributed by atoms with Gasteiger partial charge in [-0.3, -0.25) is 4.79 Å². The van der Waals surface area contributed by atoms with E-state index in [2.05, 4.69) is 29.7 Å². The molecule has 2 unspecified atom stereocenters. The molecule has 4 aromatic rings. The lowest BCUT2D eigenvalue weighted by atomic mass is 9.96. The first-order chi connectivity index (χ1) is 21.3. The van der Waals surface area contributed by atoms with Gasteiger partial charge in [0.1, 0.15) is 42.3 Å². The third-order valence-corrected chi connectivity index (χ3v) is 7.27. The van der Waals surface area contributed by atoms with Crippen LogP contribution in [0.3, 0.4) is 0 Å². The highest BCUT2D eigenvalue weighted by Gasteiger charge is 2.31. The van der Waals surface area contributed by atoms with E-state index in [0.29, 0.717) is 49.1 Å². The minimum atomic E-state index is -0.743. The number of nitrogens with one attached hydrogen (secondary N) is 2. The van der Waals surface area contributed by atoms with Crippen LogP contribution in [0.1, 0.15) is 53.7 Å². The number of aliphatic hydroxyl groups is 1. The van der Waals surface area contributed by atoms with Crippen molar-refractivity contribution in [1.82, 2.24) is 10.6 Å². The molecule has 230 valence electrons. The molecule has 2 atom stereocenters. The second-order valence-corrected chi connectivity index (χ2v) is 11.5. The Morgan fingerprint density at radius 3 is 2.27 bits per heavy atom. The molecule has 8 nitrogen and oxygen atoms in total. The monoisotopic (exact) mass is 596 g/mol. The smallest absolute Gasteiger partial charge is 0.258 e. The second-order valence-electron chi connectivity index (χ2n) is 11.5. The van der Waals surface area contributed by atoms with Crippen LogP contribution in [0.15, 0.2) is 97.1 Å². The molecule has 44 heavy (non-hydrogen) atoms. The number of hydrogen-bond acceptors (Lipinski definition) is 7. The fourth-order valence-corrected chi connectivity index (χ4v) is 4.99. The van der Waals surface area contributed by atoms with Gasteiger partial charge in [0.05, 0.1) is 12.2 Å². The fourth-order valence-electron chi connectivity index (χ4n) is 4.99. The highest BCUT2D eigenvalue weighted by Crippen LogP contribution is 2.31. The van der Waals surface area contributed by atoms with Gasteiger partial charge in [-0.15, -0.1) is 0 Å². The molecule has 1 aliphatic heterocycles. The summed E-state index contributed by atoms with van der Waals surface area (Å²) >= 11 is 0. The summed E-state index contributed by atoms with van der Waals surface area (Å²) in [6.07, 6.45) is -0.673. The van der Waals surface area contributed by atoms with Gasteiger partial charge in [-0.05, 0) is 73.0 Å². The first-order valence-electron chi connectivity index (χ1n) is 14.9. The molecule has 1 heterocycles. The molecule has 0 fully saturated rings. The van der Waals surface area contributed by atoms with Crippen LogP contribution in [-0.4, -0.2) is 42.6 Å². The van der Waals surface area contributed by atoms with Crippen molar-refractivity contribution in [2.75, 3.05) is 19.8 Å². The van der Waals surface area contributed by atoms with Crippen LogP contribution in [0.5, 0.6) is 23.0 Å². The number of amides is 1. The number of fused-ring (bicyclic) bond motifs is 1. The molecule has 0 radical (unpaired) electrons. The second kappa shape index (κ2) is 14.3. The van der Waals surface area contributed by atoms with E-state index in [1.165, 1.54) is 0 Å². The van der Waals surface area contributed by atoms with Crippen LogP contribution in [0, 0.1) is 0 Å². The molecule has 1 amide bonds. The predicted octanol–water partition coefficient (Wildman–Crippen LogP) is 5.84. The molecule has 0 aromatic heterocycles. The van der Waals surface area contributed by atoms with Gasteiger partial charge in [0, 0.05) is 19.0 Å². The maximum atomic E-state index is 12.5. The van der Waals surface area contributed by atoms with Crippen molar-refractivity contribution < 1.29 is 28.8 Å². The van der Waals surface area contributed by atoms with Crippen LogP contribution >= 0.6 is 0 Å². The van der Waals surface area contributed by atoms with E-state index in [9.17, 15) is 9.90 Å². The van der Waals surface area contributed by atoms with Crippen LogP contribution < -0.4 is 29.6 Å². The van der Waals surface area contributed by atoms with Gasteiger partial charge < -0.3 is 34.7 Å². The molecule has 0 saturated carbocycles. The zero-order valence-electron chi connectivity index (χ0n) is 25.4. The fraction of sp³-hybridized carbons (Fsp3) is 0.306. The average molecular weight is 597 g/mol. The number of carbonyl (C=O) groups excluding carboxylic acids is 1. The summed E-state index contributed by atoms with van der Waals surface area (Å²) in [4.78, 5) is 12.5. The van der Waals surface area contributed by atoms with Crippen molar-refractivity contribution in [2.45, 2.75) is 51.7 Å². The highest BCUT2D eigenvalue weighted by molar-refractivity contribution is 5.98. The van der Waals surface area contributed by atoms with Gasteiger partial charge in [0.25, 0.3) is 5.91 Å². The maximum absolute atomic E-state index is 12.5. The number of carbonyl (C=O) groups is 1. The van der Waals surface area contributed by atoms with Gasteiger partial charge in [-0.2, -0.15) is 0 Å². The zero-order valence-corrected chi connectivity index (χ0v) is 25.4. The molecule has 1 aliphatic rings. The third kappa shape index (κ3) is 8.52. The van der Waals surface area contributed by atoms with E-state index in [-0.39, 0.29) is 18.4 Å². The number of ether oxygens (including phenoxy) is 4. The summed E-state index contributed by atoms with van der Waals surface area (Å²) in [6, 6.07) is 30.9. The summed E-state index contributed by atoms with van der Waals surface area (Å²) in [5.74, 6) is 2.51. The van der Waals surface area contributed by atoms with E-state index in [1.807, 2.05) is 86.6 Å². The van der Waals surface area contributed by atoms with Crippen molar-refractivity contribution in [3.8, 4) is 23.0 Å². The van der Waals surface area contributed by atoms with E-state index < -0.39 is 11.8 Å². The normalized spacial score (nSPS) is 14.9. The highest BCUT2D eigenvalue weighted by atomic mass is 16.5. The summed E-state index contributed by atoms with van der Waals surface area (Å²) < 4.78 is 23.5. The third-order valence-electron chi connectivity index (χ3n) is 7.27. The molecule has 0 aliphatic carbocycles. The molecule has 5 rings (SSSR count). The molecule has 3 N–H and O–H groups in total. The Bertz CT molecular complexity index is 1520. The Morgan fingerprint density at radius 2 is 1.50 bits per heavy atom. The lowest BCUT2D eigenvalue weighted by molar-refractivity contribution is 0.0431. The van der Waals surface area contributed by atoms with Crippen molar-refractivity contribution >= 4 is 5.91 Å². The Hall–Kier alpha value is -4.53. The van der Waals surface area contributed by atoms with E-state index in [0.717, 1.165) is 22.4 Å². The molecular weight excluding hydrogens is 556 g/mol. The average Bonchev–Trinajstić information content (AvgIpc) is 3.02. The minimum absolute atomic E-state index is 0.0981. The van der Waals surface area contributed by atoms with Crippen LogP contribution in [0.2, 0.25) is 0 Å². The SMILES string of the molecule is CC(COc1ccc2c(c1)C(=O)NC(C)(C)O2)c1ccccc1CNCC(O)COc1ccc(OCc2ccccc2)cc1. The molecular formula is C36H40N2O6. The van der Waals surface area contributed by atoms with Crippen LogP contribution in [-0.2, 0) is 13.2 Å². The molecule has 4 aromatic carbocycles. The largest absolute Gasteiger partial charge is 0.493 e. The van der Waals surface area contributed by atoms with E-state index in [1.54, 1.807) is 12.1 Å². The number of rotatable bonds is 14. The zero-order chi connectivity index (χ0) is 30.9. The summed E-state index contributed by atoms with van der Waals surface area (Å²) in [5, 5.41) is 16.7. The number of hydrogen-bond donors (Lipinski definition) is 3. The Kier molecular flexibility index (Phi) is 10.0. The molecule has 0 bridgehead atoms. The van der Waals surface area contributed by atoms with Gasteiger partial charge in [0.2, 0.25) is 0 Å². The van der Waals surface area contributed by atoms with Crippen LogP contribution in [0.25, 0.3) is 0 Å². The molecule has 0 saturated heterocycles. The first kappa shape index (κ1) is 30.9. The van der Waals surface area contributed by atoms with Crippen LogP contribution in [0.4, 0.5) is 0 Å². The first-order valence-corrected chi connectivity index (χ1v) is 14.9. The van der Waals surface area contributed by atoms with Gasteiger partial charge in [-0.25, -0.2) is 0 Å². The number of benzene rings is 4. The lowest BCUT2D eigenvalue weighted by Gasteiger charge is -2.33. The summed E-state index contributed by atoms with van der Waals surface area (Å²) in [5.41, 5.74) is 3.11. The predicted molar refractivity (Wildman–Crippen MR) is 169 cm³/mol. The Labute approximate surface area is 258 Å². The lowest BCUT2D eigenvalue weighted by Crippen LogP contribution is -2.51. The van der Waals surface area contributed by atoms with Gasteiger partial charge >= 0.3 is 0 Å². The van der Waals surface area contributed by atoms with Gasteiger partial charge in [-0.1, -0.05) is 61.5 Å². The Balaban J connectivity index is 1.05. The Morgan fingerprint density at radius 1 is 0.841 bits per heavy atom. The topological polar surface area (TPSA) is 98.3 Å². The van der Waals surface area contributed by atoms with Crippen molar-refractivity contribution in [3.05, 3.63) is 119 Å². The molecule has 0 spiro atoms. The molecule has 8 heteroatoms. The van der Waals surface area contributed by atoms with Crippen molar-refractivity contribution in [1.29, 1.82) is 0 Å².